The monoisotopic (exact) mass is 293 g/mol. The average Bonchev–Trinajstić information content (AvgIpc) is 2.57. The van der Waals surface area contributed by atoms with E-state index >= 15 is 0 Å². The first kappa shape index (κ1) is 15.8. The standard InChI is InChI=1S/C11H23N3O2S2/c1-10(11(12)17)9-13(2)18(15,16)14-7-5-3-4-6-8-14/h10H,3-9H2,1-2H3,(H2,12,17). The van der Waals surface area contributed by atoms with Crippen molar-refractivity contribution in [3.8, 4) is 0 Å². The second-order valence-corrected chi connectivity index (χ2v) is 7.41. The van der Waals surface area contributed by atoms with Crippen LogP contribution in [0, 0.1) is 5.92 Å². The third-order valence-electron chi connectivity index (χ3n) is 3.30. The number of hydrogen-bond donors (Lipinski definition) is 1. The van der Waals surface area contributed by atoms with Crippen LogP contribution >= 0.6 is 12.2 Å². The third kappa shape index (κ3) is 4.15. The summed E-state index contributed by atoms with van der Waals surface area (Å²) in [6, 6.07) is 0. The lowest BCUT2D eigenvalue weighted by Crippen LogP contribution is -2.45. The van der Waals surface area contributed by atoms with Crippen molar-refractivity contribution in [2.24, 2.45) is 11.7 Å². The predicted octanol–water partition coefficient (Wildman–Crippen LogP) is 0.961. The van der Waals surface area contributed by atoms with Crippen molar-refractivity contribution in [1.29, 1.82) is 0 Å². The lowest BCUT2D eigenvalue weighted by atomic mass is 10.2. The van der Waals surface area contributed by atoms with Crippen molar-refractivity contribution >= 4 is 27.4 Å². The number of hydrogen-bond acceptors (Lipinski definition) is 3. The van der Waals surface area contributed by atoms with E-state index in [4.69, 9.17) is 18.0 Å². The van der Waals surface area contributed by atoms with Gasteiger partial charge in [0.25, 0.3) is 10.2 Å². The molecule has 0 aromatic heterocycles. The summed E-state index contributed by atoms with van der Waals surface area (Å²) in [5, 5.41) is 0. The van der Waals surface area contributed by atoms with Crippen LogP contribution in [0.1, 0.15) is 32.6 Å². The maximum absolute atomic E-state index is 12.4. The molecule has 0 spiro atoms. The van der Waals surface area contributed by atoms with Crippen LogP contribution in [0.3, 0.4) is 0 Å². The van der Waals surface area contributed by atoms with Gasteiger partial charge in [-0.1, -0.05) is 32.0 Å². The van der Waals surface area contributed by atoms with Crippen molar-refractivity contribution < 1.29 is 8.42 Å². The predicted molar refractivity (Wildman–Crippen MR) is 77.5 cm³/mol. The van der Waals surface area contributed by atoms with E-state index in [1.165, 1.54) is 4.31 Å². The number of thiocarbonyl (C=S) groups is 1. The zero-order chi connectivity index (χ0) is 13.8. The number of nitrogens with two attached hydrogens (primary N) is 1. The van der Waals surface area contributed by atoms with Crippen LogP contribution in [-0.4, -0.2) is 48.7 Å². The molecule has 0 bridgehead atoms. The minimum absolute atomic E-state index is 0.105. The minimum atomic E-state index is -3.36. The van der Waals surface area contributed by atoms with Gasteiger partial charge in [0.2, 0.25) is 0 Å². The number of nitrogens with zero attached hydrogens (tertiary/aromatic N) is 2. The Kier molecular flexibility index (Phi) is 5.97. The van der Waals surface area contributed by atoms with Crippen LogP contribution in [0.4, 0.5) is 0 Å². The van der Waals surface area contributed by atoms with Gasteiger partial charge >= 0.3 is 0 Å². The van der Waals surface area contributed by atoms with Crippen LogP contribution in [0.5, 0.6) is 0 Å². The van der Waals surface area contributed by atoms with E-state index in [0.29, 0.717) is 24.6 Å². The van der Waals surface area contributed by atoms with Gasteiger partial charge in [-0.15, -0.1) is 0 Å². The highest BCUT2D eigenvalue weighted by Crippen LogP contribution is 2.16. The molecule has 1 atom stereocenters. The van der Waals surface area contributed by atoms with Gasteiger partial charge in [0.15, 0.2) is 0 Å². The Labute approximate surface area is 115 Å². The fourth-order valence-electron chi connectivity index (χ4n) is 2.04. The van der Waals surface area contributed by atoms with Gasteiger partial charge in [-0.3, -0.25) is 0 Å². The van der Waals surface area contributed by atoms with E-state index in [0.717, 1.165) is 25.7 Å². The van der Waals surface area contributed by atoms with Gasteiger partial charge in [-0.2, -0.15) is 17.0 Å². The molecular weight excluding hydrogens is 270 g/mol. The molecule has 5 nitrogen and oxygen atoms in total. The summed E-state index contributed by atoms with van der Waals surface area (Å²) >= 11 is 4.88. The van der Waals surface area contributed by atoms with Crippen LogP contribution < -0.4 is 5.73 Å². The zero-order valence-corrected chi connectivity index (χ0v) is 12.8. The Bertz CT molecular complexity index is 376. The lowest BCUT2D eigenvalue weighted by molar-refractivity contribution is 0.357. The molecule has 7 heteroatoms. The molecule has 0 saturated carbocycles. The molecule has 1 rings (SSSR count). The van der Waals surface area contributed by atoms with Gasteiger partial charge in [-0.25, -0.2) is 0 Å². The van der Waals surface area contributed by atoms with Crippen LogP contribution in [-0.2, 0) is 10.2 Å². The first-order valence-corrected chi connectivity index (χ1v) is 8.17. The summed E-state index contributed by atoms with van der Waals surface area (Å²) in [6.07, 6.45) is 4.11. The van der Waals surface area contributed by atoms with Gasteiger partial charge in [0.1, 0.15) is 0 Å². The average molecular weight is 293 g/mol. The summed E-state index contributed by atoms with van der Waals surface area (Å²) in [6.45, 7) is 3.42. The molecule has 18 heavy (non-hydrogen) atoms. The highest BCUT2D eigenvalue weighted by Gasteiger charge is 2.28. The molecule has 0 aromatic carbocycles. The smallest absolute Gasteiger partial charge is 0.281 e. The van der Waals surface area contributed by atoms with Crippen molar-refractivity contribution in [1.82, 2.24) is 8.61 Å². The Morgan fingerprint density at radius 2 is 1.83 bits per heavy atom. The lowest BCUT2D eigenvalue weighted by Gasteiger charge is -2.27. The molecule has 1 heterocycles. The van der Waals surface area contributed by atoms with Gasteiger partial charge < -0.3 is 5.73 Å². The van der Waals surface area contributed by atoms with E-state index in [-0.39, 0.29) is 5.92 Å². The summed E-state index contributed by atoms with van der Waals surface area (Å²) in [5.74, 6) is -0.105. The summed E-state index contributed by atoms with van der Waals surface area (Å²) in [5.41, 5.74) is 5.53. The molecule has 2 N–H and O–H groups in total. The van der Waals surface area contributed by atoms with Gasteiger partial charge in [-0.05, 0) is 12.8 Å². The van der Waals surface area contributed by atoms with E-state index in [1.807, 2.05) is 6.92 Å². The number of rotatable bonds is 5. The highest BCUT2D eigenvalue weighted by molar-refractivity contribution is 7.86. The largest absolute Gasteiger partial charge is 0.393 e. The Hall–Kier alpha value is -0.240. The first-order chi connectivity index (χ1) is 8.35. The van der Waals surface area contributed by atoms with Crippen molar-refractivity contribution in [3.05, 3.63) is 0 Å². The van der Waals surface area contributed by atoms with Crippen molar-refractivity contribution in [2.45, 2.75) is 32.6 Å². The second-order valence-electron chi connectivity index (χ2n) is 4.90. The van der Waals surface area contributed by atoms with Crippen LogP contribution in [0.2, 0.25) is 0 Å². The fourth-order valence-corrected chi connectivity index (χ4v) is 3.64. The molecule has 1 aliphatic heterocycles. The molecule has 0 aromatic rings. The molecule has 1 fully saturated rings. The molecule has 1 aliphatic rings. The SMILES string of the molecule is CC(CN(C)S(=O)(=O)N1CCCCCC1)C(N)=S. The molecule has 1 unspecified atom stereocenters. The minimum Gasteiger partial charge on any atom is -0.393 e. The van der Waals surface area contributed by atoms with Crippen LogP contribution in [0.15, 0.2) is 0 Å². The van der Waals surface area contributed by atoms with Gasteiger partial charge in [0.05, 0.1) is 4.99 Å². The quantitative estimate of drug-likeness (QED) is 0.767. The van der Waals surface area contributed by atoms with Crippen molar-refractivity contribution in [2.75, 3.05) is 26.7 Å². The summed E-state index contributed by atoms with van der Waals surface area (Å²) in [4.78, 5) is 0.355. The van der Waals surface area contributed by atoms with Crippen molar-refractivity contribution in [3.63, 3.8) is 0 Å². The van der Waals surface area contributed by atoms with Crippen LogP contribution in [0.25, 0.3) is 0 Å². The van der Waals surface area contributed by atoms with E-state index in [1.54, 1.807) is 11.4 Å². The van der Waals surface area contributed by atoms with E-state index < -0.39 is 10.2 Å². The Morgan fingerprint density at radius 1 is 1.33 bits per heavy atom. The first-order valence-electron chi connectivity index (χ1n) is 6.36. The van der Waals surface area contributed by atoms with Gasteiger partial charge in [0, 0.05) is 32.6 Å². The maximum Gasteiger partial charge on any atom is 0.281 e. The molecule has 0 amide bonds. The molecule has 106 valence electrons. The molecular formula is C11H23N3O2S2. The summed E-state index contributed by atoms with van der Waals surface area (Å²) < 4.78 is 27.7. The maximum atomic E-state index is 12.4. The molecule has 0 aliphatic carbocycles. The Morgan fingerprint density at radius 3 is 2.28 bits per heavy atom. The summed E-state index contributed by atoms with van der Waals surface area (Å²) in [7, 11) is -1.77. The Balaban J connectivity index is 2.68. The third-order valence-corrected chi connectivity index (χ3v) is 5.66. The molecule has 1 saturated heterocycles. The second kappa shape index (κ2) is 6.79. The zero-order valence-electron chi connectivity index (χ0n) is 11.1. The van der Waals surface area contributed by atoms with E-state index in [2.05, 4.69) is 0 Å². The topological polar surface area (TPSA) is 66.6 Å². The fraction of sp³-hybridized carbons (Fsp3) is 0.909. The normalized spacial score (nSPS) is 20.6. The highest BCUT2D eigenvalue weighted by atomic mass is 32.2. The molecule has 0 radical (unpaired) electrons. The van der Waals surface area contributed by atoms with E-state index in [9.17, 15) is 8.42 Å².